The van der Waals surface area contributed by atoms with Crippen LogP contribution in [0.2, 0.25) is 5.15 Å². The van der Waals surface area contributed by atoms with E-state index in [1.54, 1.807) is 51.6 Å². The number of benzene rings is 1. The predicted octanol–water partition coefficient (Wildman–Crippen LogP) is 3.21. The first-order valence-corrected chi connectivity index (χ1v) is 7.00. The van der Waals surface area contributed by atoms with Crippen molar-refractivity contribution in [2.75, 3.05) is 14.2 Å². The zero-order chi connectivity index (χ0) is 16.1. The van der Waals surface area contributed by atoms with Crippen molar-refractivity contribution in [3.63, 3.8) is 0 Å². The lowest BCUT2D eigenvalue weighted by Crippen LogP contribution is -1.97. The van der Waals surface area contributed by atoms with Gasteiger partial charge in [-0.15, -0.1) is 0 Å². The molecule has 2 rings (SSSR count). The van der Waals surface area contributed by atoms with Crippen LogP contribution in [0.3, 0.4) is 0 Å². The Morgan fingerprint density at radius 1 is 1.09 bits per heavy atom. The van der Waals surface area contributed by atoms with E-state index in [1.807, 2.05) is 0 Å². The van der Waals surface area contributed by atoms with Crippen molar-refractivity contribution in [3.8, 4) is 23.3 Å². The number of halogens is 1. The Morgan fingerprint density at radius 3 is 2.27 bits per heavy atom. The largest absolute Gasteiger partial charge is 0.497 e. The third-order valence-electron chi connectivity index (χ3n) is 3.05. The Bertz CT molecular complexity index is 710. The molecule has 1 heterocycles. The van der Waals surface area contributed by atoms with E-state index >= 15 is 0 Å². The molecular formula is C17H16ClNO3. The molecule has 1 aromatic heterocycles. The lowest BCUT2D eigenvalue weighted by molar-refractivity contribution is 0.199. The van der Waals surface area contributed by atoms with Gasteiger partial charge in [0.1, 0.15) is 16.7 Å². The van der Waals surface area contributed by atoms with E-state index in [2.05, 4.69) is 16.8 Å². The second-order valence-electron chi connectivity index (χ2n) is 4.62. The van der Waals surface area contributed by atoms with Gasteiger partial charge in [-0.3, -0.25) is 0 Å². The Labute approximate surface area is 134 Å². The minimum absolute atomic E-state index is 0.324. The van der Waals surface area contributed by atoms with E-state index < -0.39 is 6.10 Å². The minimum Gasteiger partial charge on any atom is -0.497 e. The molecule has 0 aliphatic rings. The summed E-state index contributed by atoms with van der Waals surface area (Å²) in [5, 5.41) is 10.1. The molecule has 0 spiro atoms. The summed E-state index contributed by atoms with van der Waals surface area (Å²) in [5.74, 6) is 7.34. The molecule has 0 saturated heterocycles. The van der Waals surface area contributed by atoms with Crippen molar-refractivity contribution >= 4 is 11.6 Å². The van der Waals surface area contributed by atoms with Crippen LogP contribution in [-0.4, -0.2) is 24.3 Å². The fourth-order valence-electron chi connectivity index (χ4n) is 1.91. The maximum Gasteiger partial charge on any atom is 0.129 e. The summed E-state index contributed by atoms with van der Waals surface area (Å²) in [6.45, 7) is 1.66. The van der Waals surface area contributed by atoms with Crippen LogP contribution in [-0.2, 0) is 0 Å². The zero-order valence-corrected chi connectivity index (χ0v) is 13.3. The van der Waals surface area contributed by atoms with Gasteiger partial charge < -0.3 is 14.6 Å². The summed E-state index contributed by atoms with van der Waals surface area (Å²) < 4.78 is 10.4. The number of aromatic nitrogens is 1. The zero-order valence-electron chi connectivity index (χ0n) is 12.6. The topological polar surface area (TPSA) is 51.6 Å². The SMILES string of the molecule is COc1cc(C#Cc2cnc(Cl)cc2C(C)O)cc(OC)c1. The van der Waals surface area contributed by atoms with Crippen molar-refractivity contribution in [2.24, 2.45) is 0 Å². The third-order valence-corrected chi connectivity index (χ3v) is 3.25. The summed E-state index contributed by atoms with van der Waals surface area (Å²) >= 11 is 5.85. The molecule has 114 valence electrons. The molecule has 2 aromatic rings. The highest BCUT2D eigenvalue weighted by Gasteiger charge is 2.08. The molecule has 0 amide bonds. The first-order valence-electron chi connectivity index (χ1n) is 6.62. The van der Waals surface area contributed by atoms with Crippen molar-refractivity contribution in [2.45, 2.75) is 13.0 Å². The highest BCUT2D eigenvalue weighted by molar-refractivity contribution is 6.29. The predicted molar refractivity (Wildman–Crippen MR) is 85.4 cm³/mol. The van der Waals surface area contributed by atoms with Gasteiger partial charge in [0.15, 0.2) is 0 Å². The summed E-state index contributed by atoms with van der Waals surface area (Å²) in [4.78, 5) is 4.00. The first-order chi connectivity index (χ1) is 10.5. The van der Waals surface area contributed by atoms with Gasteiger partial charge >= 0.3 is 0 Å². The Balaban J connectivity index is 2.42. The van der Waals surface area contributed by atoms with E-state index in [-0.39, 0.29) is 0 Å². The van der Waals surface area contributed by atoms with Gasteiger partial charge in [0.05, 0.1) is 20.3 Å². The van der Waals surface area contributed by atoms with Crippen molar-refractivity contribution in [1.82, 2.24) is 4.98 Å². The lowest BCUT2D eigenvalue weighted by Gasteiger charge is -2.07. The molecule has 0 saturated carbocycles. The van der Waals surface area contributed by atoms with Crippen LogP contribution in [0, 0.1) is 11.8 Å². The number of aliphatic hydroxyl groups is 1. The number of hydrogen-bond donors (Lipinski definition) is 1. The first kappa shape index (κ1) is 16.2. The van der Waals surface area contributed by atoms with Crippen LogP contribution < -0.4 is 9.47 Å². The van der Waals surface area contributed by atoms with E-state index in [0.717, 1.165) is 5.56 Å². The van der Waals surface area contributed by atoms with E-state index in [1.165, 1.54) is 0 Å². The molecule has 1 unspecified atom stereocenters. The van der Waals surface area contributed by atoms with Crippen LogP contribution in [0.5, 0.6) is 11.5 Å². The Morgan fingerprint density at radius 2 is 1.73 bits per heavy atom. The monoisotopic (exact) mass is 317 g/mol. The second-order valence-corrected chi connectivity index (χ2v) is 5.01. The number of aliphatic hydroxyl groups excluding tert-OH is 1. The number of ether oxygens (including phenoxy) is 2. The van der Waals surface area contributed by atoms with Crippen molar-refractivity contribution in [3.05, 3.63) is 52.3 Å². The second kappa shape index (κ2) is 7.17. The number of nitrogens with zero attached hydrogens (tertiary/aromatic N) is 1. The summed E-state index contributed by atoms with van der Waals surface area (Å²) in [7, 11) is 3.17. The van der Waals surface area contributed by atoms with Gasteiger partial charge in [-0.25, -0.2) is 4.98 Å². The number of methoxy groups -OCH3 is 2. The minimum atomic E-state index is -0.676. The van der Waals surface area contributed by atoms with E-state index in [4.69, 9.17) is 21.1 Å². The summed E-state index contributed by atoms with van der Waals surface area (Å²) in [6, 6.07) is 7.00. The maximum absolute atomic E-state index is 9.80. The van der Waals surface area contributed by atoms with Crippen LogP contribution >= 0.6 is 11.6 Å². The van der Waals surface area contributed by atoms with E-state index in [9.17, 15) is 5.11 Å². The van der Waals surface area contributed by atoms with Crippen LogP contribution in [0.15, 0.2) is 30.5 Å². The average Bonchev–Trinajstić information content (AvgIpc) is 2.53. The molecular weight excluding hydrogens is 302 g/mol. The highest BCUT2D eigenvalue weighted by Crippen LogP contribution is 2.23. The molecule has 0 radical (unpaired) electrons. The van der Waals surface area contributed by atoms with Gasteiger partial charge in [0.25, 0.3) is 0 Å². The smallest absolute Gasteiger partial charge is 0.129 e. The number of rotatable bonds is 3. The number of hydrogen-bond acceptors (Lipinski definition) is 4. The van der Waals surface area contributed by atoms with Crippen LogP contribution in [0.4, 0.5) is 0 Å². The fraction of sp³-hybridized carbons (Fsp3) is 0.235. The van der Waals surface area contributed by atoms with Crippen LogP contribution in [0.1, 0.15) is 29.7 Å². The Kier molecular flexibility index (Phi) is 5.26. The standard InChI is InChI=1S/C17H16ClNO3/c1-11(20)16-9-17(18)19-10-13(16)5-4-12-6-14(21-2)8-15(7-12)22-3/h6-11,20H,1-3H3. The van der Waals surface area contributed by atoms with Crippen molar-refractivity contribution < 1.29 is 14.6 Å². The summed E-state index contributed by atoms with van der Waals surface area (Å²) in [5.41, 5.74) is 2.01. The van der Waals surface area contributed by atoms with Gasteiger partial charge in [-0.1, -0.05) is 23.4 Å². The molecule has 1 N–H and O–H groups in total. The fourth-order valence-corrected chi connectivity index (χ4v) is 2.08. The van der Waals surface area contributed by atoms with Crippen molar-refractivity contribution in [1.29, 1.82) is 0 Å². The molecule has 22 heavy (non-hydrogen) atoms. The molecule has 4 nitrogen and oxygen atoms in total. The van der Waals surface area contributed by atoms with Gasteiger partial charge in [0, 0.05) is 29.0 Å². The lowest BCUT2D eigenvalue weighted by atomic mass is 10.1. The average molecular weight is 318 g/mol. The molecule has 0 aliphatic heterocycles. The Hall–Kier alpha value is -2.22. The third kappa shape index (κ3) is 3.91. The molecule has 0 bridgehead atoms. The molecule has 1 aromatic carbocycles. The van der Waals surface area contributed by atoms with Crippen LogP contribution in [0.25, 0.3) is 0 Å². The normalized spacial score (nSPS) is 11.3. The number of pyridine rings is 1. The molecule has 5 heteroatoms. The van der Waals surface area contributed by atoms with Gasteiger partial charge in [0.2, 0.25) is 0 Å². The molecule has 1 atom stereocenters. The maximum atomic E-state index is 9.80. The molecule has 0 fully saturated rings. The van der Waals surface area contributed by atoms with Gasteiger partial charge in [-0.2, -0.15) is 0 Å². The quantitative estimate of drug-likeness (QED) is 0.697. The highest BCUT2D eigenvalue weighted by atomic mass is 35.5. The molecule has 0 aliphatic carbocycles. The summed E-state index contributed by atoms with van der Waals surface area (Å²) in [6.07, 6.45) is 0.874. The van der Waals surface area contributed by atoms with E-state index in [0.29, 0.717) is 27.8 Å². The van der Waals surface area contributed by atoms with Gasteiger partial charge in [-0.05, 0) is 25.1 Å².